The number of rotatable bonds is 6. The minimum absolute atomic E-state index is 0.0450. The van der Waals surface area contributed by atoms with Crippen LogP contribution in [0.5, 0.6) is 0 Å². The molecule has 6 nitrogen and oxygen atoms in total. The van der Waals surface area contributed by atoms with Crippen molar-refractivity contribution in [3.63, 3.8) is 0 Å². The first-order valence-corrected chi connectivity index (χ1v) is 12.9. The van der Waals surface area contributed by atoms with Crippen molar-refractivity contribution in [1.82, 2.24) is 20.4 Å². The van der Waals surface area contributed by atoms with Crippen molar-refractivity contribution < 1.29 is 4.79 Å². The quantitative estimate of drug-likeness (QED) is 0.402. The molecule has 1 fully saturated rings. The Labute approximate surface area is 210 Å². The van der Waals surface area contributed by atoms with E-state index >= 15 is 0 Å². The second-order valence-corrected chi connectivity index (χ2v) is 10.1. The second kappa shape index (κ2) is 10.1. The van der Waals surface area contributed by atoms with Crippen LogP contribution in [0.15, 0.2) is 66.3 Å². The highest BCUT2D eigenvalue weighted by atomic mass is 32.1. The van der Waals surface area contributed by atoms with E-state index in [9.17, 15) is 4.79 Å². The molecule has 7 heteroatoms. The van der Waals surface area contributed by atoms with Gasteiger partial charge in [0, 0.05) is 61.1 Å². The summed E-state index contributed by atoms with van der Waals surface area (Å²) in [4.78, 5) is 16.9. The van der Waals surface area contributed by atoms with E-state index in [-0.39, 0.29) is 11.9 Å². The number of nitrogens with zero attached hydrogens (tertiary/aromatic N) is 3. The van der Waals surface area contributed by atoms with Crippen LogP contribution in [0, 0.1) is 6.92 Å². The fourth-order valence-corrected chi connectivity index (χ4v) is 5.27. The molecule has 1 saturated heterocycles. The zero-order valence-electron chi connectivity index (χ0n) is 20.4. The lowest BCUT2D eigenvalue weighted by Crippen LogP contribution is -2.43. The molecule has 35 heavy (non-hydrogen) atoms. The molecule has 0 saturated carbocycles. The lowest BCUT2D eigenvalue weighted by Gasteiger charge is -2.30. The van der Waals surface area contributed by atoms with Crippen molar-refractivity contribution in [1.29, 1.82) is 0 Å². The number of hydrogen-bond acceptors (Lipinski definition) is 5. The van der Waals surface area contributed by atoms with E-state index in [0.717, 1.165) is 65.2 Å². The third kappa shape index (κ3) is 5.16. The number of benzene rings is 2. The van der Waals surface area contributed by atoms with E-state index in [2.05, 4.69) is 68.5 Å². The molecule has 2 aromatic carbocycles. The minimum Gasteiger partial charge on any atom is -0.369 e. The van der Waals surface area contributed by atoms with E-state index in [1.54, 1.807) is 11.3 Å². The van der Waals surface area contributed by atoms with E-state index < -0.39 is 0 Å². The molecule has 1 amide bonds. The van der Waals surface area contributed by atoms with Gasteiger partial charge in [0.25, 0.3) is 5.91 Å². The van der Waals surface area contributed by atoms with E-state index in [0.29, 0.717) is 0 Å². The average Bonchev–Trinajstić information content (AvgIpc) is 3.57. The molecular weight excluding hydrogens is 454 g/mol. The van der Waals surface area contributed by atoms with Crippen LogP contribution in [0.2, 0.25) is 0 Å². The van der Waals surface area contributed by atoms with Gasteiger partial charge in [0.15, 0.2) is 0 Å². The Morgan fingerprint density at radius 3 is 2.60 bits per heavy atom. The molecule has 0 radical (unpaired) electrons. The zero-order chi connectivity index (χ0) is 24.4. The van der Waals surface area contributed by atoms with Crippen LogP contribution in [0.3, 0.4) is 0 Å². The number of amides is 1. The monoisotopic (exact) mass is 485 g/mol. The SMILES string of the molecule is Cc1ccc(N2CCNCC2)cc1C(=O)N[C@H](C)c1cc(-c2cnn(C)c2)cc(-c2cccs2)c1. The lowest BCUT2D eigenvalue weighted by molar-refractivity contribution is 0.0939. The summed E-state index contributed by atoms with van der Waals surface area (Å²) in [7, 11) is 1.92. The van der Waals surface area contributed by atoms with Crippen molar-refractivity contribution in [2.75, 3.05) is 31.1 Å². The van der Waals surface area contributed by atoms with Crippen molar-refractivity contribution >= 4 is 22.9 Å². The molecule has 1 aliphatic heterocycles. The molecule has 180 valence electrons. The van der Waals surface area contributed by atoms with Gasteiger partial charge in [0.05, 0.1) is 12.2 Å². The maximum Gasteiger partial charge on any atom is 0.252 e. The van der Waals surface area contributed by atoms with Gasteiger partial charge < -0.3 is 15.5 Å². The summed E-state index contributed by atoms with van der Waals surface area (Å²) in [5, 5.41) is 13.1. The molecule has 4 aromatic rings. The van der Waals surface area contributed by atoms with Gasteiger partial charge in [0.1, 0.15) is 0 Å². The van der Waals surface area contributed by atoms with Gasteiger partial charge in [-0.2, -0.15) is 5.10 Å². The first-order chi connectivity index (χ1) is 17.0. The van der Waals surface area contributed by atoms with Gasteiger partial charge >= 0.3 is 0 Å². The highest BCUT2D eigenvalue weighted by Crippen LogP contribution is 2.33. The standard InChI is InChI=1S/C28H31N5OS/c1-19-6-7-25(33-10-8-29-9-11-33)16-26(19)28(34)31-20(2)21-13-22(24-17-30-32(3)18-24)15-23(14-21)27-5-4-12-35-27/h4-7,12-18,20,29H,8-11H2,1-3H3,(H,31,34)/t20-/m1/s1. The minimum atomic E-state index is -0.153. The average molecular weight is 486 g/mol. The number of thiophene rings is 1. The molecule has 0 unspecified atom stereocenters. The topological polar surface area (TPSA) is 62.2 Å². The van der Waals surface area contributed by atoms with Gasteiger partial charge in [-0.1, -0.05) is 12.1 Å². The Balaban J connectivity index is 1.43. The maximum absolute atomic E-state index is 13.4. The number of hydrogen-bond donors (Lipinski definition) is 2. The number of piperazine rings is 1. The molecule has 0 aliphatic carbocycles. The first kappa shape index (κ1) is 23.3. The van der Waals surface area contributed by atoms with Crippen LogP contribution < -0.4 is 15.5 Å². The van der Waals surface area contributed by atoms with Crippen molar-refractivity contribution in [2.45, 2.75) is 19.9 Å². The van der Waals surface area contributed by atoms with Crippen molar-refractivity contribution in [3.05, 3.63) is 83.0 Å². The summed E-state index contributed by atoms with van der Waals surface area (Å²) in [5.74, 6) is -0.0450. The Bertz CT molecular complexity index is 1320. The summed E-state index contributed by atoms with van der Waals surface area (Å²) in [6, 6.07) is 16.8. The zero-order valence-corrected chi connectivity index (χ0v) is 21.2. The molecular formula is C28H31N5OS. The first-order valence-electron chi connectivity index (χ1n) is 12.0. The van der Waals surface area contributed by atoms with Gasteiger partial charge in [-0.05, 0) is 77.9 Å². The summed E-state index contributed by atoms with van der Waals surface area (Å²) >= 11 is 1.72. The number of aromatic nitrogens is 2. The van der Waals surface area contributed by atoms with Crippen molar-refractivity contribution in [3.8, 4) is 21.6 Å². The van der Waals surface area contributed by atoms with E-state index in [1.807, 2.05) is 44.0 Å². The smallest absolute Gasteiger partial charge is 0.252 e. The third-order valence-corrected chi connectivity index (χ3v) is 7.51. The Kier molecular flexibility index (Phi) is 6.70. The van der Waals surface area contributed by atoms with Crippen LogP contribution in [-0.4, -0.2) is 41.9 Å². The summed E-state index contributed by atoms with van der Waals surface area (Å²) < 4.78 is 1.81. The molecule has 0 bridgehead atoms. The van der Waals surface area contributed by atoms with Crippen LogP contribution in [0.1, 0.15) is 34.5 Å². The normalized spacial score (nSPS) is 14.7. The van der Waals surface area contributed by atoms with Gasteiger partial charge in [0.2, 0.25) is 0 Å². The number of aryl methyl sites for hydroxylation is 2. The third-order valence-electron chi connectivity index (χ3n) is 6.59. The molecule has 5 rings (SSSR count). The van der Waals surface area contributed by atoms with Crippen molar-refractivity contribution in [2.24, 2.45) is 7.05 Å². The molecule has 0 spiro atoms. The van der Waals surface area contributed by atoms with E-state index in [4.69, 9.17) is 0 Å². The Morgan fingerprint density at radius 1 is 1.09 bits per heavy atom. The van der Waals surface area contributed by atoms with Crippen LogP contribution in [-0.2, 0) is 7.05 Å². The number of carbonyl (C=O) groups excluding carboxylic acids is 1. The maximum atomic E-state index is 13.4. The highest BCUT2D eigenvalue weighted by molar-refractivity contribution is 7.13. The van der Waals surface area contributed by atoms with Gasteiger partial charge in [-0.15, -0.1) is 11.3 Å². The fourth-order valence-electron chi connectivity index (χ4n) is 4.56. The largest absolute Gasteiger partial charge is 0.369 e. The van der Waals surface area contributed by atoms with E-state index in [1.165, 1.54) is 4.88 Å². The number of anilines is 1. The second-order valence-electron chi connectivity index (χ2n) is 9.16. The molecule has 2 N–H and O–H groups in total. The summed E-state index contributed by atoms with van der Waals surface area (Å²) in [6.45, 7) is 7.88. The Morgan fingerprint density at radius 2 is 1.89 bits per heavy atom. The van der Waals surface area contributed by atoms with Gasteiger partial charge in [-0.3, -0.25) is 9.48 Å². The predicted molar refractivity (Wildman–Crippen MR) is 144 cm³/mol. The molecule has 1 atom stereocenters. The number of carbonyl (C=O) groups is 1. The fraction of sp³-hybridized carbons (Fsp3) is 0.286. The van der Waals surface area contributed by atoms with Crippen LogP contribution in [0.25, 0.3) is 21.6 Å². The number of nitrogens with one attached hydrogen (secondary N) is 2. The molecule has 1 aliphatic rings. The summed E-state index contributed by atoms with van der Waals surface area (Å²) in [6.07, 6.45) is 3.90. The predicted octanol–water partition coefficient (Wildman–Crippen LogP) is 5.02. The van der Waals surface area contributed by atoms with Gasteiger partial charge in [-0.25, -0.2) is 0 Å². The summed E-state index contributed by atoms with van der Waals surface area (Å²) in [5.41, 5.74) is 7.19. The highest BCUT2D eigenvalue weighted by Gasteiger charge is 2.18. The van der Waals surface area contributed by atoms with Crippen LogP contribution >= 0.6 is 11.3 Å². The molecule has 2 aromatic heterocycles. The Hall–Kier alpha value is -3.42. The lowest BCUT2D eigenvalue weighted by atomic mass is 9.97. The van der Waals surface area contributed by atoms with Crippen LogP contribution in [0.4, 0.5) is 5.69 Å². The molecule has 3 heterocycles.